The molecule has 0 spiro atoms. The van der Waals surface area contributed by atoms with E-state index in [0.29, 0.717) is 18.4 Å². The lowest BCUT2D eigenvalue weighted by molar-refractivity contribution is 0.280. The van der Waals surface area contributed by atoms with Gasteiger partial charge in [0.1, 0.15) is 11.6 Å². The Morgan fingerprint density at radius 1 is 1.32 bits per heavy atom. The Labute approximate surface area is 114 Å². The summed E-state index contributed by atoms with van der Waals surface area (Å²) in [7, 11) is 4.06. The van der Waals surface area contributed by atoms with E-state index < -0.39 is 0 Å². The van der Waals surface area contributed by atoms with E-state index in [4.69, 9.17) is 4.74 Å². The first-order chi connectivity index (χ1) is 9.13. The fourth-order valence-corrected chi connectivity index (χ4v) is 1.93. The predicted octanol–water partition coefficient (Wildman–Crippen LogP) is 2.41. The first-order valence-electron chi connectivity index (χ1n) is 6.94. The second-order valence-electron chi connectivity index (χ2n) is 5.46. The molecule has 1 fully saturated rings. The minimum Gasteiger partial charge on any atom is -0.493 e. The second-order valence-corrected chi connectivity index (χ2v) is 5.46. The predicted molar refractivity (Wildman–Crippen MR) is 74.9 cm³/mol. The minimum atomic E-state index is -0.224. The van der Waals surface area contributed by atoms with Crippen molar-refractivity contribution in [1.29, 1.82) is 0 Å². The van der Waals surface area contributed by atoms with Gasteiger partial charge in [-0.1, -0.05) is 0 Å². The number of halogens is 1. The van der Waals surface area contributed by atoms with E-state index in [9.17, 15) is 4.39 Å². The maximum atomic E-state index is 13.5. The van der Waals surface area contributed by atoms with Crippen LogP contribution >= 0.6 is 0 Å². The SMILES string of the molecule is CN(C)CCCOc1cc(F)cc(CNC2CC2)c1. The van der Waals surface area contributed by atoms with Crippen LogP contribution in [0.3, 0.4) is 0 Å². The van der Waals surface area contributed by atoms with Crippen molar-refractivity contribution in [1.82, 2.24) is 10.2 Å². The summed E-state index contributed by atoms with van der Waals surface area (Å²) in [5.74, 6) is 0.407. The molecule has 1 aliphatic carbocycles. The van der Waals surface area contributed by atoms with E-state index in [0.717, 1.165) is 25.1 Å². The van der Waals surface area contributed by atoms with E-state index in [-0.39, 0.29) is 5.82 Å². The number of hydrogen-bond acceptors (Lipinski definition) is 3. The largest absolute Gasteiger partial charge is 0.493 e. The smallest absolute Gasteiger partial charge is 0.127 e. The third-order valence-electron chi connectivity index (χ3n) is 3.12. The maximum Gasteiger partial charge on any atom is 0.127 e. The Balaban J connectivity index is 1.81. The van der Waals surface area contributed by atoms with Crippen LogP contribution in [0.25, 0.3) is 0 Å². The Hall–Kier alpha value is -1.13. The summed E-state index contributed by atoms with van der Waals surface area (Å²) in [6, 6.07) is 5.58. The zero-order chi connectivity index (χ0) is 13.7. The van der Waals surface area contributed by atoms with Crippen molar-refractivity contribution < 1.29 is 9.13 Å². The highest BCUT2D eigenvalue weighted by Gasteiger charge is 2.20. The first-order valence-corrected chi connectivity index (χ1v) is 6.94. The topological polar surface area (TPSA) is 24.5 Å². The molecule has 19 heavy (non-hydrogen) atoms. The van der Waals surface area contributed by atoms with Gasteiger partial charge in [0.05, 0.1) is 6.61 Å². The number of nitrogens with zero attached hydrogens (tertiary/aromatic N) is 1. The lowest BCUT2D eigenvalue weighted by atomic mass is 10.2. The van der Waals surface area contributed by atoms with Gasteiger partial charge >= 0.3 is 0 Å². The van der Waals surface area contributed by atoms with Gasteiger partial charge in [0, 0.05) is 25.2 Å². The highest BCUT2D eigenvalue weighted by molar-refractivity contribution is 5.29. The van der Waals surface area contributed by atoms with Crippen molar-refractivity contribution in [3.05, 3.63) is 29.6 Å². The van der Waals surface area contributed by atoms with Crippen LogP contribution in [0.5, 0.6) is 5.75 Å². The zero-order valence-electron chi connectivity index (χ0n) is 11.8. The molecule has 106 valence electrons. The summed E-state index contributed by atoms with van der Waals surface area (Å²) in [5, 5.41) is 3.38. The summed E-state index contributed by atoms with van der Waals surface area (Å²) >= 11 is 0. The number of ether oxygens (including phenoxy) is 1. The Morgan fingerprint density at radius 2 is 2.11 bits per heavy atom. The van der Waals surface area contributed by atoms with Gasteiger partial charge in [-0.25, -0.2) is 4.39 Å². The Bertz CT molecular complexity index is 405. The summed E-state index contributed by atoms with van der Waals surface area (Å²) < 4.78 is 19.1. The number of hydrogen-bond donors (Lipinski definition) is 1. The summed E-state index contributed by atoms with van der Waals surface area (Å²) in [6.07, 6.45) is 3.42. The average molecular weight is 266 g/mol. The first kappa shape index (κ1) is 14.3. The van der Waals surface area contributed by atoms with E-state index in [1.54, 1.807) is 6.07 Å². The van der Waals surface area contributed by atoms with Crippen LogP contribution < -0.4 is 10.1 Å². The average Bonchev–Trinajstić information content (AvgIpc) is 3.15. The fourth-order valence-electron chi connectivity index (χ4n) is 1.93. The molecule has 1 aromatic rings. The van der Waals surface area contributed by atoms with Gasteiger partial charge < -0.3 is 15.0 Å². The molecule has 0 aromatic heterocycles. The molecule has 1 aliphatic rings. The van der Waals surface area contributed by atoms with Crippen LogP contribution in [0.2, 0.25) is 0 Å². The molecule has 1 saturated carbocycles. The number of nitrogens with one attached hydrogen (secondary N) is 1. The molecule has 0 saturated heterocycles. The molecule has 4 heteroatoms. The van der Waals surface area contributed by atoms with Crippen molar-refractivity contribution in [3.63, 3.8) is 0 Å². The normalized spacial score (nSPS) is 14.9. The fraction of sp³-hybridized carbons (Fsp3) is 0.600. The molecule has 0 amide bonds. The highest BCUT2D eigenvalue weighted by atomic mass is 19.1. The van der Waals surface area contributed by atoms with Gasteiger partial charge in [0.25, 0.3) is 0 Å². The zero-order valence-corrected chi connectivity index (χ0v) is 11.8. The van der Waals surface area contributed by atoms with Crippen LogP contribution in [0.1, 0.15) is 24.8 Å². The van der Waals surface area contributed by atoms with Crippen LogP contribution in [0.4, 0.5) is 4.39 Å². The molecule has 1 aromatic carbocycles. The van der Waals surface area contributed by atoms with E-state index in [1.165, 1.54) is 18.9 Å². The van der Waals surface area contributed by atoms with Crippen LogP contribution in [0, 0.1) is 5.82 Å². The van der Waals surface area contributed by atoms with Gasteiger partial charge in [-0.2, -0.15) is 0 Å². The van der Waals surface area contributed by atoms with Gasteiger partial charge in [0.2, 0.25) is 0 Å². The molecule has 0 heterocycles. The van der Waals surface area contributed by atoms with Crippen molar-refractivity contribution in [2.75, 3.05) is 27.2 Å². The molecule has 2 rings (SSSR count). The summed E-state index contributed by atoms with van der Waals surface area (Å²) in [4.78, 5) is 2.11. The van der Waals surface area contributed by atoms with Crippen molar-refractivity contribution in [3.8, 4) is 5.75 Å². The van der Waals surface area contributed by atoms with E-state index in [2.05, 4.69) is 10.2 Å². The molecule has 1 N–H and O–H groups in total. The summed E-state index contributed by atoms with van der Waals surface area (Å²) in [6.45, 7) is 2.32. The molecule has 0 bridgehead atoms. The molecular formula is C15H23FN2O. The molecular weight excluding hydrogens is 243 g/mol. The third-order valence-corrected chi connectivity index (χ3v) is 3.12. The molecule has 3 nitrogen and oxygen atoms in total. The van der Waals surface area contributed by atoms with Crippen LogP contribution in [-0.4, -0.2) is 38.2 Å². The van der Waals surface area contributed by atoms with Crippen LogP contribution in [-0.2, 0) is 6.54 Å². The van der Waals surface area contributed by atoms with Gasteiger partial charge in [-0.15, -0.1) is 0 Å². The molecule has 0 radical (unpaired) electrons. The minimum absolute atomic E-state index is 0.224. The van der Waals surface area contributed by atoms with Crippen LogP contribution in [0.15, 0.2) is 18.2 Å². The molecule has 0 unspecified atom stereocenters. The van der Waals surface area contributed by atoms with Gasteiger partial charge in [-0.3, -0.25) is 0 Å². The lowest BCUT2D eigenvalue weighted by Crippen LogP contribution is -2.16. The highest BCUT2D eigenvalue weighted by Crippen LogP contribution is 2.21. The third kappa shape index (κ3) is 5.57. The van der Waals surface area contributed by atoms with Crippen molar-refractivity contribution in [2.45, 2.75) is 31.8 Å². The molecule has 0 aliphatic heterocycles. The lowest BCUT2D eigenvalue weighted by Gasteiger charge is -2.11. The Morgan fingerprint density at radius 3 is 2.79 bits per heavy atom. The quantitative estimate of drug-likeness (QED) is 0.731. The maximum absolute atomic E-state index is 13.5. The molecule has 0 atom stereocenters. The monoisotopic (exact) mass is 266 g/mol. The van der Waals surface area contributed by atoms with Crippen molar-refractivity contribution in [2.24, 2.45) is 0 Å². The number of rotatable bonds is 8. The van der Waals surface area contributed by atoms with E-state index in [1.807, 2.05) is 20.2 Å². The van der Waals surface area contributed by atoms with Crippen molar-refractivity contribution >= 4 is 0 Å². The van der Waals surface area contributed by atoms with E-state index >= 15 is 0 Å². The number of benzene rings is 1. The van der Waals surface area contributed by atoms with Gasteiger partial charge in [0.15, 0.2) is 0 Å². The summed E-state index contributed by atoms with van der Waals surface area (Å²) in [5.41, 5.74) is 0.953. The Kier molecular flexibility index (Phi) is 5.16. The standard InChI is InChI=1S/C15H23FN2O/c1-18(2)6-3-7-19-15-9-12(8-13(16)10-15)11-17-14-4-5-14/h8-10,14,17H,3-7,11H2,1-2H3. The van der Waals surface area contributed by atoms with Gasteiger partial charge in [-0.05, 0) is 51.1 Å². The second kappa shape index (κ2) is 6.87.